The van der Waals surface area contributed by atoms with Gasteiger partial charge in [0.15, 0.2) is 11.2 Å². The molecule has 2 N–H and O–H groups in total. The summed E-state index contributed by atoms with van der Waals surface area (Å²) in [5, 5.41) is 11.9. The molecular formula is C12H19N5O3. The van der Waals surface area contributed by atoms with Crippen LogP contribution in [0.25, 0.3) is 11.2 Å². The number of nitrogens with one attached hydrogen (secondary N) is 1. The molecule has 0 aliphatic rings. The predicted octanol–water partition coefficient (Wildman–Crippen LogP) is -0.581. The second kappa shape index (κ2) is 5.12. The highest BCUT2D eigenvalue weighted by Gasteiger charge is 2.20. The molecule has 0 saturated heterocycles. The van der Waals surface area contributed by atoms with Gasteiger partial charge in [-0.05, 0) is 13.8 Å². The molecule has 2 rings (SSSR count). The summed E-state index contributed by atoms with van der Waals surface area (Å²) in [4.78, 5) is 28.5. The van der Waals surface area contributed by atoms with E-state index in [1.54, 1.807) is 11.6 Å². The third-order valence-corrected chi connectivity index (χ3v) is 3.20. The molecule has 0 atom stereocenters. The highest BCUT2D eigenvalue weighted by atomic mass is 16.3. The Morgan fingerprint density at radius 3 is 2.45 bits per heavy atom. The molecule has 0 amide bonds. The van der Waals surface area contributed by atoms with E-state index in [1.807, 2.05) is 13.8 Å². The Morgan fingerprint density at radius 2 is 1.90 bits per heavy atom. The van der Waals surface area contributed by atoms with Crippen molar-refractivity contribution in [2.24, 2.45) is 14.1 Å². The van der Waals surface area contributed by atoms with Crippen LogP contribution in [0.15, 0.2) is 9.59 Å². The second-order valence-corrected chi connectivity index (χ2v) is 4.93. The van der Waals surface area contributed by atoms with Crippen molar-refractivity contribution in [3.8, 4) is 0 Å². The van der Waals surface area contributed by atoms with Gasteiger partial charge in [-0.25, -0.2) is 9.78 Å². The summed E-state index contributed by atoms with van der Waals surface area (Å²) in [5.41, 5.74) is -0.0927. The second-order valence-electron chi connectivity index (χ2n) is 4.93. The number of hydrogen-bond acceptors (Lipinski definition) is 5. The van der Waals surface area contributed by atoms with Crippen molar-refractivity contribution < 1.29 is 5.11 Å². The Bertz CT molecular complexity index is 753. The summed E-state index contributed by atoms with van der Waals surface area (Å²) >= 11 is 0. The minimum absolute atomic E-state index is 0.0129. The van der Waals surface area contributed by atoms with Crippen molar-refractivity contribution in [3.05, 3.63) is 20.8 Å². The Balaban J connectivity index is 2.88. The Hall–Kier alpha value is -2.09. The first-order valence-corrected chi connectivity index (χ1v) is 6.42. The summed E-state index contributed by atoms with van der Waals surface area (Å²) in [6.07, 6.45) is 0. The van der Waals surface area contributed by atoms with E-state index in [-0.39, 0.29) is 18.2 Å². The average molecular weight is 281 g/mol. The summed E-state index contributed by atoms with van der Waals surface area (Å²) in [7, 11) is 3.04. The first-order valence-electron chi connectivity index (χ1n) is 6.42. The fourth-order valence-electron chi connectivity index (χ4n) is 2.23. The Morgan fingerprint density at radius 1 is 1.25 bits per heavy atom. The number of aliphatic hydroxyl groups is 1. The number of anilines is 1. The molecule has 2 aromatic heterocycles. The van der Waals surface area contributed by atoms with Crippen LogP contribution in [0.5, 0.6) is 0 Å². The molecule has 8 heteroatoms. The van der Waals surface area contributed by atoms with Gasteiger partial charge < -0.3 is 10.4 Å². The fourth-order valence-corrected chi connectivity index (χ4v) is 2.23. The quantitative estimate of drug-likeness (QED) is 0.782. The molecule has 0 unspecified atom stereocenters. The molecule has 0 aliphatic heterocycles. The van der Waals surface area contributed by atoms with Crippen LogP contribution in [0.2, 0.25) is 0 Å². The van der Waals surface area contributed by atoms with Crippen molar-refractivity contribution >= 4 is 17.1 Å². The molecule has 110 valence electrons. The van der Waals surface area contributed by atoms with E-state index in [0.717, 1.165) is 4.57 Å². The van der Waals surface area contributed by atoms with Crippen molar-refractivity contribution in [1.29, 1.82) is 0 Å². The lowest BCUT2D eigenvalue weighted by molar-refractivity contribution is 0.310. The summed E-state index contributed by atoms with van der Waals surface area (Å²) in [5.74, 6) is 0.474. The fraction of sp³-hybridized carbons (Fsp3) is 0.583. The molecule has 2 aromatic rings. The number of nitrogens with zero attached hydrogens (tertiary/aromatic N) is 4. The van der Waals surface area contributed by atoms with Crippen LogP contribution >= 0.6 is 0 Å². The SMILES string of the molecule is CC(C)n1c(NCCO)nc2c(=O)n(C)c(=O)n(C)c21. The maximum atomic E-state index is 12.2. The lowest BCUT2D eigenvalue weighted by Gasteiger charge is -2.15. The van der Waals surface area contributed by atoms with E-state index in [9.17, 15) is 9.59 Å². The predicted molar refractivity (Wildman–Crippen MR) is 76.2 cm³/mol. The number of rotatable bonds is 4. The van der Waals surface area contributed by atoms with Gasteiger partial charge in [-0.15, -0.1) is 0 Å². The zero-order chi connectivity index (χ0) is 15.0. The highest BCUT2D eigenvalue weighted by Crippen LogP contribution is 2.20. The van der Waals surface area contributed by atoms with Crippen LogP contribution in [-0.4, -0.2) is 36.9 Å². The molecule has 2 heterocycles. The number of aliphatic hydroxyl groups excluding tert-OH is 1. The number of aromatic nitrogens is 4. The molecule has 20 heavy (non-hydrogen) atoms. The number of aryl methyl sites for hydroxylation is 1. The standard InChI is InChI=1S/C12H19N5O3/c1-7(2)17-9-8(14-11(17)13-5-6-18)10(19)16(4)12(20)15(9)3/h7,18H,5-6H2,1-4H3,(H,13,14). The Labute approximate surface area is 115 Å². The first kappa shape index (κ1) is 14.3. The molecule has 0 spiro atoms. The molecule has 8 nitrogen and oxygen atoms in total. The normalized spacial score (nSPS) is 11.5. The monoisotopic (exact) mass is 281 g/mol. The number of fused-ring (bicyclic) bond motifs is 1. The molecule has 0 radical (unpaired) electrons. The summed E-state index contributed by atoms with van der Waals surface area (Å²) in [6, 6.07) is 0.0129. The van der Waals surface area contributed by atoms with Crippen molar-refractivity contribution in [2.45, 2.75) is 19.9 Å². The van der Waals surface area contributed by atoms with E-state index in [1.165, 1.54) is 11.6 Å². The van der Waals surface area contributed by atoms with Crippen molar-refractivity contribution in [2.75, 3.05) is 18.5 Å². The molecule has 0 aromatic carbocycles. The molecule has 0 fully saturated rings. The van der Waals surface area contributed by atoms with E-state index < -0.39 is 11.2 Å². The topological polar surface area (TPSA) is 94.1 Å². The van der Waals surface area contributed by atoms with Gasteiger partial charge in [-0.3, -0.25) is 18.5 Å². The number of hydrogen-bond donors (Lipinski definition) is 2. The minimum Gasteiger partial charge on any atom is -0.395 e. The summed E-state index contributed by atoms with van der Waals surface area (Å²) in [6.45, 7) is 4.16. The van der Waals surface area contributed by atoms with Gasteiger partial charge in [-0.1, -0.05) is 0 Å². The van der Waals surface area contributed by atoms with Crippen LogP contribution in [0, 0.1) is 0 Å². The van der Waals surface area contributed by atoms with Gasteiger partial charge in [0.05, 0.1) is 6.61 Å². The highest BCUT2D eigenvalue weighted by molar-refractivity contribution is 5.74. The minimum atomic E-state index is -0.422. The smallest absolute Gasteiger partial charge is 0.332 e. The van der Waals surface area contributed by atoms with Crippen LogP contribution in [-0.2, 0) is 14.1 Å². The van der Waals surface area contributed by atoms with E-state index in [2.05, 4.69) is 10.3 Å². The maximum absolute atomic E-state index is 12.2. The van der Waals surface area contributed by atoms with Crippen LogP contribution < -0.4 is 16.6 Å². The van der Waals surface area contributed by atoms with Gasteiger partial charge >= 0.3 is 5.69 Å². The number of imidazole rings is 1. The van der Waals surface area contributed by atoms with Gasteiger partial charge in [0, 0.05) is 26.7 Å². The molecule has 0 saturated carbocycles. The molecule has 0 aliphatic carbocycles. The third-order valence-electron chi connectivity index (χ3n) is 3.20. The van der Waals surface area contributed by atoms with Gasteiger partial charge in [0.2, 0.25) is 5.95 Å². The van der Waals surface area contributed by atoms with E-state index in [0.29, 0.717) is 18.1 Å². The van der Waals surface area contributed by atoms with Crippen molar-refractivity contribution in [3.63, 3.8) is 0 Å². The first-order chi connectivity index (χ1) is 9.40. The van der Waals surface area contributed by atoms with Crippen LogP contribution in [0.4, 0.5) is 5.95 Å². The van der Waals surface area contributed by atoms with Crippen LogP contribution in [0.1, 0.15) is 19.9 Å². The zero-order valence-electron chi connectivity index (χ0n) is 12.0. The van der Waals surface area contributed by atoms with Gasteiger partial charge in [-0.2, -0.15) is 0 Å². The summed E-state index contributed by atoms with van der Waals surface area (Å²) < 4.78 is 4.23. The van der Waals surface area contributed by atoms with E-state index in [4.69, 9.17) is 5.11 Å². The van der Waals surface area contributed by atoms with Gasteiger partial charge in [0.1, 0.15) is 0 Å². The lowest BCUT2D eigenvalue weighted by Crippen LogP contribution is -2.37. The zero-order valence-corrected chi connectivity index (χ0v) is 12.0. The van der Waals surface area contributed by atoms with Crippen molar-refractivity contribution in [1.82, 2.24) is 18.7 Å². The Kier molecular flexibility index (Phi) is 3.67. The molecular weight excluding hydrogens is 262 g/mol. The van der Waals surface area contributed by atoms with E-state index >= 15 is 0 Å². The largest absolute Gasteiger partial charge is 0.395 e. The lowest BCUT2D eigenvalue weighted by atomic mass is 10.4. The van der Waals surface area contributed by atoms with Crippen LogP contribution in [0.3, 0.4) is 0 Å². The maximum Gasteiger partial charge on any atom is 0.332 e. The molecule has 0 bridgehead atoms. The van der Waals surface area contributed by atoms with Gasteiger partial charge in [0.25, 0.3) is 5.56 Å². The third kappa shape index (κ3) is 2.01. The average Bonchev–Trinajstić information content (AvgIpc) is 2.80.